The molecule has 5 heterocycles. The van der Waals surface area contributed by atoms with Crippen LogP contribution in [-0.4, -0.2) is 47.8 Å². The van der Waals surface area contributed by atoms with Gasteiger partial charge in [0.2, 0.25) is 0 Å². The zero-order valence-electron chi connectivity index (χ0n) is 59.0. The summed E-state index contributed by atoms with van der Waals surface area (Å²) in [4.78, 5) is 22.4. The molecular weight excluding hydrogens is 1930 g/mol. The normalized spacial score (nSPS) is 10.3. The number of aryl methyl sites for hydroxylation is 16. The monoisotopic (exact) mass is 2020 g/mol. The first-order valence-corrected chi connectivity index (χ1v) is 32.1. The molecule has 14 heteroatoms. The van der Waals surface area contributed by atoms with Gasteiger partial charge in [0.15, 0.2) is 0 Å². The molecule has 0 saturated heterocycles. The SMILES string of the molecule is Cc1[c-]c(-c2nccn2-c2c(C)cc(C)cc2C)cc(C)c1.Cc1cc(C)c(-n2c(C)cnc2-c2[c-]cccc2)c(C)c1.Cc1cc(C)c(-n2ccnc2-c2[c-]cccc2)c(C)c1.Cc1cc(C)c(-n2ccnc2-c2[c-]cccc2)c(C)c1.Cn1ccnc1-c1[c-]cccc1.[Ir].[Ir].[Ir].[Ir]. The van der Waals surface area contributed by atoms with Gasteiger partial charge >= 0.3 is 0 Å². The van der Waals surface area contributed by atoms with E-state index in [1.165, 1.54) is 95.1 Å². The summed E-state index contributed by atoms with van der Waals surface area (Å²) < 4.78 is 10.7. The van der Waals surface area contributed by atoms with Crippen LogP contribution < -0.4 is 0 Å². The molecule has 0 spiro atoms. The zero-order chi connectivity index (χ0) is 67.4. The van der Waals surface area contributed by atoms with Gasteiger partial charge in [-0.25, -0.2) is 0 Å². The van der Waals surface area contributed by atoms with Crippen LogP contribution in [0.4, 0.5) is 0 Å². The summed E-state index contributed by atoms with van der Waals surface area (Å²) in [5.74, 6) is 4.71. The fourth-order valence-corrected chi connectivity index (χ4v) is 12.9. The second-order valence-corrected chi connectivity index (χ2v) is 24.6. The molecule has 99 heavy (non-hydrogen) atoms. The predicted octanol–water partition coefficient (Wildman–Crippen LogP) is 19.9. The molecule has 0 fully saturated rings. The van der Waals surface area contributed by atoms with Crippen LogP contribution in [-0.2, 0) is 87.5 Å². The Morgan fingerprint density at radius 3 is 0.899 bits per heavy atom. The fourth-order valence-electron chi connectivity index (χ4n) is 12.9. The van der Waals surface area contributed by atoms with E-state index in [4.69, 9.17) is 0 Å². The van der Waals surface area contributed by atoms with E-state index in [9.17, 15) is 0 Å². The van der Waals surface area contributed by atoms with E-state index >= 15 is 0 Å². The van der Waals surface area contributed by atoms with Gasteiger partial charge < -0.3 is 22.8 Å². The fraction of sp³-hybridized carbons (Fsp3) is 0.188. The Balaban J connectivity index is 0.000000195. The maximum absolute atomic E-state index is 4.60. The zero-order valence-corrected chi connectivity index (χ0v) is 68.6. The van der Waals surface area contributed by atoms with Crippen molar-refractivity contribution in [3.63, 3.8) is 0 Å². The molecular formula is C85H83Ir4N10-5. The summed E-state index contributed by atoms with van der Waals surface area (Å²) in [6.07, 6.45) is 17.2. The van der Waals surface area contributed by atoms with E-state index in [1.54, 1.807) is 6.20 Å². The Hall–Kier alpha value is -8.37. The quantitative estimate of drug-likeness (QED) is 0.134. The molecule has 5 aromatic heterocycles. The summed E-state index contributed by atoms with van der Waals surface area (Å²) in [6, 6.07) is 70.0. The van der Waals surface area contributed by atoms with Crippen molar-refractivity contribution in [2.45, 2.75) is 104 Å². The molecule has 514 valence electrons. The number of aromatic nitrogens is 10. The third-order valence-electron chi connectivity index (χ3n) is 16.4. The number of nitrogens with zero attached hydrogens (tertiary/aromatic N) is 10. The van der Waals surface area contributed by atoms with E-state index in [-0.39, 0.29) is 80.4 Å². The average Bonchev–Trinajstić information content (AvgIpc) is 1.80. The van der Waals surface area contributed by atoms with Crippen molar-refractivity contribution < 1.29 is 80.4 Å². The molecule has 0 amide bonds. The van der Waals surface area contributed by atoms with Crippen molar-refractivity contribution in [3.05, 3.63) is 327 Å². The molecule has 0 aliphatic heterocycles. The topological polar surface area (TPSA) is 89.1 Å². The number of hydrogen-bond acceptors (Lipinski definition) is 5. The summed E-state index contributed by atoms with van der Waals surface area (Å²) in [5, 5.41) is 0. The third kappa shape index (κ3) is 19.3. The van der Waals surface area contributed by atoms with E-state index in [0.717, 1.165) is 68.2 Å². The van der Waals surface area contributed by atoms with E-state index in [2.05, 4.69) is 244 Å². The van der Waals surface area contributed by atoms with Gasteiger partial charge in [0.05, 0.1) is 29.1 Å². The molecule has 14 rings (SSSR count). The van der Waals surface area contributed by atoms with Gasteiger partial charge in [-0.2, -0.15) is 0 Å². The van der Waals surface area contributed by atoms with Crippen molar-refractivity contribution >= 4 is 0 Å². The molecule has 0 atom stereocenters. The van der Waals surface area contributed by atoms with Gasteiger partial charge in [0.25, 0.3) is 0 Å². The molecule has 0 N–H and O–H groups in total. The Kier molecular flexibility index (Phi) is 29.5. The second kappa shape index (κ2) is 36.6. The number of imidazole rings is 5. The molecule has 0 aliphatic rings. The van der Waals surface area contributed by atoms with Crippen LogP contribution in [0, 0.1) is 134 Å². The van der Waals surface area contributed by atoms with Crippen molar-refractivity contribution in [1.29, 1.82) is 0 Å². The van der Waals surface area contributed by atoms with Gasteiger partial charge in [-0.1, -0.05) is 84.6 Å². The van der Waals surface area contributed by atoms with Crippen LogP contribution in [0.1, 0.15) is 83.6 Å². The molecule has 9 aromatic carbocycles. The Bertz CT molecular complexity index is 4660. The number of hydrogen-bond donors (Lipinski definition) is 0. The summed E-state index contributed by atoms with van der Waals surface area (Å²) in [7, 11) is 1.98. The van der Waals surface area contributed by atoms with Crippen LogP contribution >= 0.6 is 0 Å². The first kappa shape index (κ1) is 79.6. The van der Waals surface area contributed by atoms with Crippen molar-refractivity contribution in [2.75, 3.05) is 0 Å². The molecule has 0 unspecified atom stereocenters. The summed E-state index contributed by atoms with van der Waals surface area (Å²) in [5.41, 5.74) is 28.8. The Morgan fingerprint density at radius 2 is 0.586 bits per heavy atom. The predicted molar refractivity (Wildman–Crippen MR) is 390 cm³/mol. The first-order chi connectivity index (χ1) is 45.7. The van der Waals surface area contributed by atoms with E-state index in [0.29, 0.717) is 0 Å². The number of benzene rings is 9. The maximum atomic E-state index is 4.60. The number of rotatable bonds is 9. The van der Waals surface area contributed by atoms with Crippen molar-refractivity contribution in [2.24, 2.45) is 7.05 Å². The smallest absolute Gasteiger partial charge is 0.0605 e. The van der Waals surface area contributed by atoms with E-state index in [1.807, 2.05) is 152 Å². The first-order valence-electron chi connectivity index (χ1n) is 32.1. The molecule has 10 nitrogen and oxygen atoms in total. The average molecular weight is 2010 g/mol. The van der Waals surface area contributed by atoms with Crippen molar-refractivity contribution in [1.82, 2.24) is 47.8 Å². The minimum Gasteiger partial charge on any atom is -0.373 e. The summed E-state index contributed by atoms with van der Waals surface area (Å²) in [6.45, 7) is 32.0. The molecule has 4 radical (unpaired) electrons. The van der Waals surface area contributed by atoms with Crippen molar-refractivity contribution in [3.8, 4) is 79.7 Å². The van der Waals surface area contributed by atoms with E-state index < -0.39 is 0 Å². The Morgan fingerprint density at radius 1 is 0.293 bits per heavy atom. The molecule has 14 aromatic rings. The van der Waals surface area contributed by atoms with Gasteiger partial charge in [0, 0.05) is 172 Å². The molecule has 0 saturated carbocycles. The third-order valence-corrected chi connectivity index (χ3v) is 16.4. The Labute approximate surface area is 640 Å². The van der Waals surface area contributed by atoms with Gasteiger partial charge in [-0.3, -0.25) is 24.9 Å². The minimum atomic E-state index is 0. The van der Waals surface area contributed by atoms with Crippen LogP contribution in [0.2, 0.25) is 0 Å². The second-order valence-electron chi connectivity index (χ2n) is 24.6. The minimum absolute atomic E-state index is 0. The van der Waals surface area contributed by atoms with Crippen LogP contribution in [0.3, 0.4) is 0 Å². The van der Waals surface area contributed by atoms with Crippen LogP contribution in [0.5, 0.6) is 0 Å². The maximum Gasteiger partial charge on any atom is 0.0605 e. The summed E-state index contributed by atoms with van der Waals surface area (Å²) >= 11 is 0. The largest absolute Gasteiger partial charge is 0.373 e. The molecule has 0 aliphatic carbocycles. The molecule has 0 bridgehead atoms. The van der Waals surface area contributed by atoms with Crippen LogP contribution in [0.25, 0.3) is 79.7 Å². The van der Waals surface area contributed by atoms with Gasteiger partial charge in [0.1, 0.15) is 0 Å². The van der Waals surface area contributed by atoms with Gasteiger partial charge in [-0.15, -0.1) is 178 Å². The van der Waals surface area contributed by atoms with Crippen LogP contribution in [0.15, 0.2) is 213 Å². The van der Waals surface area contributed by atoms with Gasteiger partial charge in [-0.05, 0) is 135 Å². The standard InChI is InChI=1S/C20H21N2.C19H19N2.2C18H17N2.C10H9N2.4Ir/c1-13-8-14(2)12-18(11-13)20-21-6-7-22(20)19-16(4)9-15(3)10-17(19)5;1-13-10-14(2)18(15(3)11-13)21-16(4)12-20-19(21)17-8-6-5-7-9-17;2*1-13-11-14(2)17(15(3)12-13)20-10-9-19-18(20)16-7-5-4-6-8-16;1-12-8-7-11-10(12)9-5-3-2-4-6-9;;;;/h6-11H,1-5H3;5-8,10-12H,1-4H3;2*4-7,9-12H,1-3H3;2-5,7-8H,1H3;;;;/q5*-1;;;;.